The van der Waals surface area contributed by atoms with Crippen molar-refractivity contribution in [1.29, 1.82) is 0 Å². The van der Waals surface area contributed by atoms with E-state index in [1.807, 2.05) is 18.2 Å². The molecule has 0 heterocycles. The van der Waals surface area contributed by atoms with Gasteiger partial charge in [0.15, 0.2) is 11.5 Å². The van der Waals surface area contributed by atoms with Crippen molar-refractivity contribution < 1.29 is 14.6 Å². The van der Waals surface area contributed by atoms with Gasteiger partial charge in [0, 0.05) is 17.5 Å². The van der Waals surface area contributed by atoms with Gasteiger partial charge in [-0.05, 0) is 18.9 Å². The molecule has 0 bridgehead atoms. The summed E-state index contributed by atoms with van der Waals surface area (Å²) in [4.78, 5) is 0. The molecule has 0 radical (unpaired) electrons. The molecule has 0 amide bonds. The molecule has 1 fully saturated rings. The van der Waals surface area contributed by atoms with Gasteiger partial charge in [-0.2, -0.15) is 0 Å². The minimum atomic E-state index is -0.255. The Morgan fingerprint density at radius 2 is 2.06 bits per heavy atom. The molecule has 1 aliphatic rings. The van der Waals surface area contributed by atoms with E-state index in [1.165, 1.54) is 0 Å². The zero-order valence-corrected chi connectivity index (χ0v) is 10.3. The third-order valence-corrected chi connectivity index (χ3v) is 3.62. The van der Waals surface area contributed by atoms with Gasteiger partial charge in [0.1, 0.15) is 0 Å². The van der Waals surface area contributed by atoms with Crippen LogP contribution in [0.3, 0.4) is 0 Å². The predicted molar refractivity (Wildman–Crippen MR) is 65.5 cm³/mol. The summed E-state index contributed by atoms with van der Waals surface area (Å²) in [6.45, 7) is 0.508. The van der Waals surface area contributed by atoms with Crippen LogP contribution in [0.15, 0.2) is 18.2 Å². The summed E-state index contributed by atoms with van der Waals surface area (Å²) in [6, 6.07) is 5.79. The maximum Gasteiger partial charge on any atom is 0.164 e. The molecule has 0 spiro atoms. The van der Waals surface area contributed by atoms with Crippen molar-refractivity contribution in [1.82, 2.24) is 0 Å². The highest BCUT2D eigenvalue weighted by Gasteiger charge is 2.45. The largest absolute Gasteiger partial charge is 0.493 e. The van der Waals surface area contributed by atoms with Crippen LogP contribution < -0.4 is 15.2 Å². The van der Waals surface area contributed by atoms with E-state index in [1.54, 1.807) is 14.2 Å². The van der Waals surface area contributed by atoms with E-state index in [0.717, 1.165) is 11.3 Å². The lowest BCUT2D eigenvalue weighted by atomic mass is 9.62. The fraction of sp³-hybridized carbons (Fsp3) is 0.538. The van der Waals surface area contributed by atoms with E-state index in [-0.39, 0.29) is 11.5 Å². The number of hydrogen-bond acceptors (Lipinski definition) is 4. The smallest absolute Gasteiger partial charge is 0.164 e. The molecule has 1 aliphatic carbocycles. The monoisotopic (exact) mass is 237 g/mol. The van der Waals surface area contributed by atoms with E-state index >= 15 is 0 Å². The van der Waals surface area contributed by atoms with Crippen LogP contribution in [0.25, 0.3) is 0 Å². The van der Waals surface area contributed by atoms with Gasteiger partial charge < -0.3 is 20.3 Å². The van der Waals surface area contributed by atoms with E-state index in [0.29, 0.717) is 25.1 Å². The van der Waals surface area contributed by atoms with Crippen molar-refractivity contribution in [3.8, 4) is 11.5 Å². The molecule has 0 saturated heterocycles. The van der Waals surface area contributed by atoms with E-state index in [4.69, 9.17) is 15.2 Å². The maximum atomic E-state index is 9.54. The van der Waals surface area contributed by atoms with Gasteiger partial charge in [0.25, 0.3) is 0 Å². The van der Waals surface area contributed by atoms with E-state index in [2.05, 4.69) is 0 Å². The molecule has 94 valence electrons. The number of aliphatic hydroxyl groups excluding tert-OH is 1. The summed E-state index contributed by atoms with van der Waals surface area (Å²) >= 11 is 0. The normalized spacial score (nSPS) is 27.4. The average Bonchev–Trinajstić information content (AvgIpc) is 2.33. The number of methoxy groups -OCH3 is 2. The van der Waals surface area contributed by atoms with Gasteiger partial charge in [-0.15, -0.1) is 0 Å². The first-order valence-electron chi connectivity index (χ1n) is 5.76. The van der Waals surface area contributed by atoms with E-state index in [9.17, 15) is 5.11 Å². The summed E-state index contributed by atoms with van der Waals surface area (Å²) in [5.74, 6) is 1.44. The lowest BCUT2D eigenvalue weighted by Gasteiger charge is -2.45. The van der Waals surface area contributed by atoms with Crippen LogP contribution in [-0.2, 0) is 5.41 Å². The number of nitrogens with two attached hydrogens (primary N) is 1. The van der Waals surface area contributed by atoms with Gasteiger partial charge >= 0.3 is 0 Å². The van der Waals surface area contributed by atoms with Crippen molar-refractivity contribution >= 4 is 0 Å². The first-order valence-corrected chi connectivity index (χ1v) is 5.76. The van der Waals surface area contributed by atoms with Crippen molar-refractivity contribution in [3.05, 3.63) is 23.8 Å². The Morgan fingerprint density at radius 1 is 1.35 bits per heavy atom. The molecule has 3 N–H and O–H groups in total. The summed E-state index contributed by atoms with van der Waals surface area (Å²) in [7, 11) is 3.24. The Balaban J connectivity index is 2.44. The minimum Gasteiger partial charge on any atom is -0.493 e. The number of aliphatic hydroxyl groups is 1. The van der Waals surface area contributed by atoms with Gasteiger partial charge in [0.05, 0.1) is 20.3 Å². The molecule has 0 atom stereocenters. The second-order valence-electron chi connectivity index (χ2n) is 4.59. The molecule has 4 heteroatoms. The fourth-order valence-electron chi connectivity index (χ4n) is 2.64. The SMILES string of the molecule is COc1cccc(C2(CN)CC(O)C2)c1OC. The Kier molecular flexibility index (Phi) is 3.26. The second-order valence-corrected chi connectivity index (χ2v) is 4.59. The number of hydrogen-bond donors (Lipinski definition) is 2. The lowest BCUT2D eigenvalue weighted by Crippen LogP contribution is -2.50. The number of benzene rings is 1. The third kappa shape index (κ3) is 1.87. The molecule has 1 aromatic rings. The Bertz CT molecular complexity index is 400. The Hall–Kier alpha value is -1.26. The highest BCUT2D eigenvalue weighted by molar-refractivity contribution is 5.51. The first kappa shape index (κ1) is 12.2. The number of ether oxygens (including phenoxy) is 2. The van der Waals surface area contributed by atoms with Crippen LogP contribution in [0.2, 0.25) is 0 Å². The molecule has 1 saturated carbocycles. The average molecular weight is 237 g/mol. The van der Waals surface area contributed by atoms with E-state index < -0.39 is 0 Å². The van der Waals surface area contributed by atoms with Gasteiger partial charge in [-0.1, -0.05) is 12.1 Å². The van der Waals surface area contributed by atoms with Crippen LogP contribution in [-0.4, -0.2) is 32.0 Å². The van der Waals surface area contributed by atoms with Crippen molar-refractivity contribution in [3.63, 3.8) is 0 Å². The summed E-state index contributed by atoms with van der Waals surface area (Å²) in [5.41, 5.74) is 6.74. The molecule has 17 heavy (non-hydrogen) atoms. The number of rotatable bonds is 4. The molecule has 0 aliphatic heterocycles. The highest BCUT2D eigenvalue weighted by atomic mass is 16.5. The van der Waals surface area contributed by atoms with Gasteiger partial charge in [-0.3, -0.25) is 0 Å². The molecule has 0 aromatic heterocycles. The maximum absolute atomic E-state index is 9.54. The minimum absolute atomic E-state index is 0.167. The van der Waals surface area contributed by atoms with Crippen molar-refractivity contribution in [2.24, 2.45) is 5.73 Å². The van der Waals surface area contributed by atoms with Gasteiger partial charge in [-0.25, -0.2) is 0 Å². The summed E-state index contributed by atoms with van der Waals surface area (Å²) < 4.78 is 10.7. The van der Waals surface area contributed by atoms with Gasteiger partial charge in [0.2, 0.25) is 0 Å². The van der Waals surface area contributed by atoms with Crippen LogP contribution in [0.5, 0.6) is 11.5 Å². The first-order chi connectivity index (χ1) is 8.16. The lowest BCUT2D eigenvalue weighted by molar-refractivity contribution is 0.0209. The molecule has 4 nitrogen and oxygen atoms in total. The molecule has 0 unspecified atom stereocenters. The van der Waals surface area contributed by atoms with Crippen LogP contribution in [0, 0.1) is 0 Å². The molecular formula is C13H19NO3. The Morgan fingerprint density at radius 3 is 2.53 bits per heavy atom. The summed E-state index contributed by atoms with van der Waals surface area (Å²) in [6.07, 6.45) is 1.12. The number of para-hydroxylation sites is 1. The molecular weight excluding hydrogens is 218 g/mol. The zero-order valence-electron chi connectivity index (χ0n) is 10.3. The van der Waals surface area contributed by atoms with Crippen LogP contribution >= 0.6 is 0 Å². The van der Waals surface area contributed by atoms with Crippen LogP contribution in [0.4, 0.5) is 0 Å². The topological polar surface area (TPSA) is 64.7 Å². The molecule has 1 aromatic carbocycles. The standard InChI is InChI=1S/C13H19NO3/c1-16-11-5-3-4-10(12(11)17-2)13(8-14)6-9(15)7-13/h3-5,9,15H,6-8,14H2,1-2H3. The third-order valence-electron chi connectivity index (χ3n) is 3.62. The summed E-state index contributed by atoms with van der Waals surface area (Å²) in [5, 5.41) is 9.54. The van der Waals surface area contributed by atoms with Crippen molar-refractivity contribution in [2.75, 3.05) is 20.8 Å². The predicted octanol–water partition coefficient (Wildman–Crippen LogP) is 1.05. The van der Waals surface area contributed by atoms with Crippen molar-refractivity contribution in [2.45, 2.75) is 24.4 Å². The zero-order chi connectivity index (χ0) is 12.5. The second kappa shape index (κ2) is 4.55. The highest BCUT2D eigenvalue weighted by Crippen LogP contribution is 2.48. The fourth-order valence-corrected chi connectivity index (χ4v) is 2.64. The molecule has 2 rings (SSSR count). The van der Waals surface area contributed by atoms with Crippen LogP contribution in [0.1, 0.15) is 18.4 Å². The quantitative estimate of drug-likeness (QED) is 0.821. The Labute approximate surface area is 101 Å².